The molecule has 3 atom stereocenters. The first-order valence-corrected chi connectivity index (χ1v) is 15.0. The van der Waals surface area contributed by atoms with E-state index in [4.69, 9.17) is 23.6 Å². The summed E-state index contributed by atoms with van der Waals surface area (Å²) >= 11 is 0. The van der Waals surface area contributed by atoms with Gasteiger partial charge in [-0.05, 0) is 43.9 Å². The van der Waals surface area contributed by atoms with Crippen molar-refractivity contribution in [2.75, 3.05) is 25.2 Å². The number of benzene rings is 1. The number of aliphatic hydroxyl groups is 1. The van der Waals surface area contributed by atoms with Gasteiger partial charge in [0.2, 0.25) is 0 Å². The molecule has 1 saturated carbocycles. The lowest BCUT2D eigenvalue weighted by Gasteiger charge is -2.37. The zero-order chi connectivity index (χ0) is 28.3. The zero-order valence-corrected chi connectivity index (χ0v) is 22.8. The molecule has 1 aromatic carbocycles. The summed E-state index contributed by atoms with van der Waals surface area (Å²) in [5, 5.41) is 10.2. The monoisotopic (exact) mass is 573 g/mol. The van der Waals surface area contributed by atoms with Crippen LogP contribution in [-0.2, 0) is 27.3 Å². The van der Waals surface area contributed by atoms with Crippen LogP contribution in [0, 0.1) is 0 Å². The number of rotatable bonds is 7. The van der Waals surface area contributed by atoms with E-state index in [1.165, 1.54) is 4.57 Å². The zero-order valence-electron chi connectivity index (χ0n) is 21.1. The van der Waals surface area contributed by atoms with E-state index in [2.05, 4.69) is 4.98 Å². The average molecular weight is 574 g/mol. The van der Waals surface area contributed by atoms with E-state index in [0.717, 1.165) is 35.2 Å². The number of ether oxygens (including phenoxy) is 2. The second kappa shape index (κ2) is 11.9. The fourth-order valence-corrected chi connectivity index (χ4v) is 6.13. The summed E-state index contributed by atoms with van der Waals surface area (Å²) in [4.78, 5) is 20.7. The number of hydrogen-bond acceptors (Lipinski definition) is 10. The number of aliphatic imine (C=N–C) groups is 1. The average Bonchev–Trinajstić information content (AvgIpc) is 2.83. The molecule has 15 heteroatoms. The minimum atomic E-state index is -4.30. The van der Waals surface area contributed by atoms with Gasteiger partial charge in [0.05, 0.1) is 43.1 Å². The van der Waals surface area contributed by atoms with Gasteiger partial charge >= 0.3 is 5.69 Å². The fourth-order valence-electron chi connectivity index (χ4n) is 4.45. The van der Waals surface area contributed by atoms with E-state index in [9.17, 15) is 26.7 Å². The Morgan fingerprint density at radius 3 is 2.29 bits per heavy atom. The Hall–Kier alpha value is -2.85. The van der Waals surface area contributed by atoms with E-state index in [1.54, 1.807) is 26.6 Å². The molecule has 0 amide bonds. The van der Waals surface area contributed by atoms with E-state index >= 15 is 0 Å². The van der Waals surface area contributed by atoms with Crippen molar-refractivity contribution in [3.63, 3.8) is 0 Å². The van der Waals surface area contributed by atoms with Crippen LogP contribution in [0.15, 0.2) is 34.3 Å². The molecule has 2 aliphatic rings. The quantitative estimate of drug-likeness (QED) is 0.396. The first-order valence-electron chi connectivity index (χ1n) is 11.8. The normalized spacial score (nSPS) is 20.8. The van der Waals surface area contributed by atoms with Gasteiger partial charge in [-0.15, -0.1) is 0 Å². The van der Waals surface area contributed by atoms with Crippen LogP contribution in [0.25, 0.3) is 0 Å². The summed E-state index contributed by atoms with van der Waals surface area (Å²) in [6.07, 6.45) is 5.27. The number of hydrogen-bond donors (Lipinski definition) is 3. The maximum absolute atomic E-state index is 11.7. The standard InChI is InChI=1S/C21H25N3O4.C2H6O6S2/c1-4-28-19-8-14-15-7-13(25)5-6-17(15)23-20(16(14)9-18(19)27-3)12-10-22-21(26)24(2)11-12;3-9(4,5)1-2-10(6,7)8/h8-11,13,15,17,25H,4-7H2,1-3H3;1-2H2,(H,3,4,5)(H,6,7,8)/t13-,15-,17-;/m1./s1. The molecule has 210 valence electrons. The van der Waals surface area contributed by atoms with Crippen LogP contribution < -0.4 is 15.2 Å². The molecule has 0 radical (unpaired) electrons. The molecule has 38 heavy (non-hydrogen) atoms. The molecule has 1 aliphatic heterocycles. The van der Waals surface area contributed by atoms with Crippen LogP contribution in [0.4, 0.5) is 0 Å². The topological polar surface area (TPSA) is 195 Å². The Morgan fingerprint density at radius 2 is 1.74 bits per heavy atom. The van der Waals surface area contributed by atoms with Crippen LogP contribution in [0.1, 0.15) is 48.8 Å². The highest BCUT2D eigenvalue weighted by molar-refractivity contribution is 7.89. The van der Waals surface area contributed by atoms with E-state index in [0.29, 0.717) is 24.5 Å². The van der Waals surface area contributed by atoms with Crippen LogP contribution in [0.3, 0.4) is 0 Å². The molecule has 4 rings (SSSR count). The van der Waals surface area contributed by atoms with Gasteiger partial charge in [-0.25, -0.2) is 9.78 Å². The van der Waals surface area contributed by atoms with Crippen LogP contribution in [-0.4, -0.2) is 83.7 Å². The van der Waals surface area contributed by atoms with Gasteiger partial charge in [0, 0.05) is 36.5 Å². The van der Waals surface area contributed by atoms with Gasteiger partial charge in [-0.3, -0.25) is 14.1 Å². The van der Waals surface area contributed by atoms with Crippen molar-refractivity contribution in [2.24, 2.45) is 12.0 Å². The van der Waals surface area contributed by atoms with Gasteiger partial charge in [0.15, 0.2) is 11.5 Å². The predicted molar refractivity (Wildman–Crippen MR) is 138 cm³/mol. The number of fused-ring (bicyclic) bond motifs is 3. The molecule has 0 saturated heterocycles. The molecule has 0 bridgehead atoms. The second-order valence-electron chi connectivity index (χ2n) is 8.95. The Bertz CT molecular complexity index is 1440. The highest BCUT2D eigenvalue weighted by Crippen LogP contribution is 2.44. The van der Waals surface area contributed by atoms with Crippen LogP contribution in [0.5, 0.6) is 11.5 Å². The number of nitrogens with zero attached hydrogens (tertiary/aromatic N) is 3. The van der Waals surface area contributed by atoms with Gasteiger partial charge in [0.1, 0.15) is 0 Å². The second-order valence-corrected chi connectivity index (χ2v) is 12.1. The Labute approximate surface area is 220 Å². The Morgan fingerprint density at radius 1 is 1.08 bits per heavy atom. The molecule has 3 N–H and O–H groups in total. The maximum atomic E-state index is 11.7. The minimum absolute atomic E-state index is 0.0889. The van der Waals surface area contributed by atoms with Crippen molar-refractivity contribution in [1.29, 1.82) is 0 Å². The third kappa shape index (κ3) is 7.60. The number of aromatic nitrogens is 2. The summed E-state index contributed by atoms with van der Waals surface area (Å²) in [5.41, 5.74) is 3.34. The van der Waals surface area contributed by atoms with Gasteiger partial charge in [-0.2, -0.15) is 16.8 Å². The molecular weight excluding hydrogens is 542 g/mol. The van der Waals surface area contributed by atoms with E-state index in [1.807, 2.05) is 19.1 Å². The van der Waals surface area contributed by atoms with Gasteiger partial charge in [-0.1, -0.05) is 0 Å². The summed E-state index contributed by atoms with van der Waals surface area (Å²) in [5.74, 6) is -0.492. The third-order valence-corrected chi connectivity index (χ3v) is 7.89. The SMILES string of the molecule is CCOc1cc2c(cc1OC)C(c1cnc(=O)n(C)c1)=N[C@@H]1CC[C@@H](O)C[C@H]21.O=S(=O)(O)CCS(=O)(=O)O. The molecule has 13 nitrogen and oxygen atoms in total. The van der Waals surface area contributed by atoms with Crippen molar-refractivity contribution in [3.05, 3.63) is 51.7 Å². The van der Waals surface area contributed by atoms with Crippen molar-refractivity contribution in [2.45, 2.75) is 44.2 Å². The van der Waals surface area contributed by atoms with Crippen LogP contribution >= 0.6 is 0 Å². The first-order chi connectivity index (χ1) is 17.7. The lowest BCUT2D eigenvalue weighted by Crippen LogP contribution is -2.34. The summed E-state index contributed by atoms with van der Waals surface area (Å²) in [7, 11) is -5.29. The summed E-state index contributed by atoms with van der Waals surface area (Å²) < 4.78 is 68.2. The van der Waals surface area contributed by atoms with E-state index in [-0.39, 0.29) is 23.8 Å². The molecule has 2 heterocycles. The molecule has 0 unspecified atom stereocenters. The molecule has 1 aromatic heterocycles. The maximum Gasteiger partial charge on any atom is 0.347 e. The highest BCUT2D eigenvalue weighted by Gasteiger charge is 2.37. The van der Waals surface area contributed by atoms with Gasteiger partial charge in [0.25, 0.3) is 20.2 Å². The molecule has 1 fully saturated rings. The number of aliphatic hydroxyl groups excluding tert-OH is 1. The Kier molecular flexibility index (Phi) is 9.30. The van der Waals surface area contributed by atoms with Crippen molar-refractivity contribution < 1.29 is 40.5 Å². The smallest absolute Gasteiger partial charge is 0.347 e. The summed E-state index contributed by atoms with van der Waals surface area (Å²) in [6, 6.07) is 4.06. The van der Waals surface area contributed by atoms with E-state index < -0.39 is 31.7 Å². The first kappa shape index (κ1) is 29.7. The van der Waals surface area contributed by atoms with Gasteiger partial charge < -0.3 is 19.1 Å². The summed E-state index contributed by atoms with van der Waals surface area (Å²) in [6.45, 7) is 2.48. The molecule has 1 aliphatic carbocycles. The third-order valence-electron chi connectivity index (χ3n) is 6.19. The minimum Gasteiger partial charge on any atom is -0.493 e. The van der Waals surface area contributed by atoms with Crippen LogP contribution in [0.2, 0.25) is 0 Å². The van der Waals surface area contributed by atoms with Crippen molar-refractivity contribution >= 4 is 25.9 Å². The molecule has 0 spiro atoms. The lowest BCUT2D eigenvalue weighted by molar-refractivity contribution is 0.111. The predicted octanol–water partition coefficient (Wildman–Crippen LogP) is 0.798. The molecular formula is C23H31N3O10S2. The number of aryl methyl sites for hydroxylation is 1. The number of methoxy groups -OCH3 is 1. The highest BCUT2D eigenvalue weighted by atomic mass is 32.2. The fraction of sp³-hybridized carbons (Fsp3) is 0.522. The largest absolute Gasteiger partial charge is 0.493 e. The lowest BCUT2D eigenvalue weighted by atomic mass is 9.74. The molecule has 2 aromatic rings. The van der Waals surface area contributed by atoms with Crippen molar-refractivity contribution in [3.8, 4) is 11.5 Å². The van der Waals surface area contributed by atoms with Crippen molar-refractivity contribution in [1.82, 2.24) is 9.55 Å². The Balaban J connectivity index is 0.000000342.